The molecule has 1 unspecified atom stereocenters. The van der Waals surface area contributed by atoms with Crippen LogP contribution < -0.4 is 0 Å². The minimum atomic E-state index is -0.811. The third-order valence-electron chi connectivity index (χ3n) is 12.8. The number of esters is 3. The van der Waals surface area contributed by atoms with E-state index in [0.717, 1.165) is 161 Å². The minimum Gasteiger partial charge on any atom is -0.462 e. The standard InChI is InChI=1S/C72H114O6/c1-4-7-10-13-16-19-22-25-27-29-30-31-32-33-34-35-36-37-38-39-40-41-42-44-45-47-50-53-56-59-62-65-71(74)77-68-69(67-76-70(73)64-61-58-55-52-49-24-21-18-15-12-9-6-3)78-72(75)66-63-60-57-54-51-48-46-43-28-26-23-20-17-14-11-8-5-2/h7-8,10-11,16-17,19-20,25-28,30-31,33-34,36-37,39-40,42,44,46-48,50,69H,4-6,9,12-15,18,21-24,29,32,35,38,41,43,45,49,51-68H2,1-3H3/b10-7-,11-8-,19-16-,20-17-,27-25-,28-26-,31-30-,34-33-,37-36-,40-39-,44-42-,48-46-,50-47-. The second kappa shape index (κ2) is 64.6. The number of unbranched alkanes of at least 4 members (excludes halogenated alkanes) is 18. The van der Waals surface area contributed by atoms with E-state index in [2.05, 4.69) is 179 Å². The normalized spacial score (nSPS) is 13.2. The van der Waals surface area contributed by atoms with E-state index in [1.807, 2.05) is 0 Å². The van der Waals surface area contributed by atoms with Gasteiger partial charge in [0.1, 0.15) is 13.2 Å². The first-order chi connectivity index (χ1) is 38.5. The molecule has 78 heavy (non-hydrogen) atoms. The first-order valence-electron chi connectivity index (χ1n) is 31.5. The number of carbonyl (C=O) groups is 3. The number of allylic oxidation sites excluding steroid dienone is 26. The molecule has 438 valence electrons. The smallest absolute Gasteiger partial charge is 0.306 e. The van der Waals surface area contributed by atoms with Crippen LogP contribution in [0.15, 0.2) is 158 Å². The fourth-order valence-electron chi connectivity index (χ4n) is 8.13. The Balaban J connectivity index is 4.41. The van der Waals surface area contributed by atoms with Crippen LogP contribution >= 0.6 is 0 Å². The van der Waals surface area contributed by atoms with E-state index in [1.54, 1.807) is 0 Å². The van der Waals surface area contributed by atoms with E-state index >= 15 is 0 Å². The van der Waals surface area contributed by atoms with Gasteiger partial charge in [0.15, 0.2) is 6.10 Å². The van der Waals surface area contributed by atoms with Crippen LogP contribution in [0.4, 0.5) is 0 Å². The van der Waals surface area contributed by atoms with E-state index < -0.39 is 6.10 Å². The molecule has 0 N–H and O–H groups in total. The van der Waals surface area contributed by atoms with Crippen molar-refractivity contribution in [2.24, 2.45) is 0 Å². The summed E-state index contributed by atoms with van der Waals surface area (Å²) >= 11 is 0. The third kappa shape index (κ3) is 61.9. The maximum Gasteiger partial charge on any atom is 0.306 e. The highest BCUT2D eigenvalue weighted by Gasteiger charge is 2.19. The number of rotatable bonds is 55. The van der Waals surface area contributed by atoms with Crippen LogP contribution in [0.1, 0.15) is 258 Å². The molecule has 0 spiro atoms. The Hall–Kier alpha value is -4.97. The van der Waals surface area contributed by atoms with Gasteiger partial charge in [-0.3, -0.25) is 14.4 Å². The molecule has 0 bridgehead atoms. The average Bonchev–Trinajstić information content (AvgIpc) is 3.44. The van der Waals surface area contributed by atoms with Gasteiger partial charge in [0.2, 0.25) is 0 Å². The predicted octanol–water partition coefficient (Wildman–Crippen LogP) is 21.7. The lowest BCUT2D eigenvalue weighted by molar-refractivity contribution is -0.167. The van der Waals surface area contributed by atoms with Crippen molar-refractivity contribution in [3.8, 4) is 0 Å². The fourth-order valence-corrected chi connectivity index (χ4v) is 8.13. The minimum absolute atomic E-state index is 0.103. The molecule has 0 aliphatic heterocycles. The fraction of sp³-hybridized carbons (Fsp3) is 0.597. The van der Waals surface area contributed by atoms with Gasteiger partial charge in [0, 0.05) is 19.3 Å². The maximum atomic E-state index is 12.9. The first kappa shape index (κ1) is 73.0. The average molecular weight is 1080 g/mol. The molecule has 0 rings (SSSR count). The lowest BCUT2D eigenvalue weighted by atomic mass is 10.0. The Morgan fingerprint density at radius 1 is 0.269 bits per heavy atom. The zero-order chi connectivity index (χ0) is 56.4. The molecule has 1 atom stereocenters. The summed E-state index contributed by atoms with van der Waals surface area (Å²) in [6.07, 6.45) is 93.9. The van der Waals surface area contributed by atoms with Crippen LogP contribution in [0.3, 0.4) is 0 Å². The first-order valence-corrected chi connectivity index (χ1v) is 31.5. The SMILES string of the molecule is CC/C=C\C/C=C\C/C=C\C/C=C\C/C=C\C/C=C\C/C=C\C/C=C\C/C=C\CCCCCC(=O)OCC(COC(=O)CCCCCCCCCCCCCC)OC(=O)CCCCCC/C=C\C/C=C\C/C=C\C/C=C\CC. The molecule has 0 fully saturated rings. The van der Waals surface area contributed by atoms with Crippen molar-refractivity contribution >= 4 is 17.9 Å². The molecule has 0 heterocycles. The van der Waals surface area contributed by atoms with Crippen molar-refractivity contribution in [2.75, 3.05) is 13.2 Å². The summed E-state index contributed by atoms with van der Waals surface area (Å²) in [5.41, 5.74) is 0. The summed E-state index contributed by atoms with van der Waals surface area (Å²) in [4.78, 5) is 38.2. The Kier molecular flexibility index (Phi) is 60.4. The zero-order valence-corrected chi connectivity index (χ0v) is 50.1. The lowest BCUT2D eigenvalue weighted by Gasteiger charge is -2.18. The molecule has 0 aliphatic rings. The highest BCUT2D eigenvalue weighted by Crippen LogP contribution is 2.14. The molecule has 0 aromatic rings. The Morgan fingerprint density at radius 2 is 0.500 bits per heavy atom. The highest BCUT2D eigenvalue weighted by atomic mass is 16.6. The predicted molar refractivity (Wildman–Crippen MR) is 338 cm³/mol. The largest absolute Gasteiger partial charge is 0.462 e. The summed E-state index contributed by atoms with van der Waals surface area (Å²) in [5, 5.41) is 0. The van der Waals surface area contributed by atoms with Gasteiger partial charge in [-0.25, -0.2) is 0 Å². The molecule has 6 nitrogen and oxygen atoms in total. The molecule has 0 aliphatic carbocycles. The van der Waals surface area contributed by atoms with Crippen molar-refractivity contribution in [3.63, 3.8) is 0 Å². The van der Waals surface area contributed by atoms with E-state index in [4.69, 9.17) is 14.2 Å². The van der Waals surface area contributed by atoms with Crippen molar-refractivity contribution in [1.82, 2.24) is 0 Å². The van der Waals surface area contributed by atoms with Gasteiger partial charge in [-0.2, -0.15) is 0 Å². The molecule has 0 amide bonds. The quantitative estimate of drug-likeness (QED) is 0.0261. The van der Waals surface area contributed by atoms with Crippen LogP contribution in [0.2, 0.25) is 0 Å². The van der Waals surface area contributed by atoms with Crippen molar-refractivity contribution in [1.29, 1.82) is 0 Å². The molecule has 0 saturated carbocycles. The van der Waals surface area contributed by atoms with E-state index in [0.29, 0.717) is 12.8 Å². The summed E-state index contributed by atoms with van der Waals surface area (Å²) in [7, 11) is 0. The monoisotopic (exact) mass is 1070 g/mol. The number of carbonyl (C=O) groups excluding carboxylic acids is 3. The summed E-state index contributed by atoms with van der Waals surface area (Å²) < 4.78 is 16.8. The lowest BCUT2D eigenvalue weighted by Crippen LogP contribution is -2.30. The van der Waals surface area contributed by atoms with Gasteiger partial charge in [0.05, 0.1) is 0 Å². The van der Waals surface area contributed by atoms with E-state index in [1.165, 1.54) is 57.8 Å². The van der Waals surface area contributed by atoms with Crippen LogP contribution in [0.25, 0.3) is 0 Å². The molecule has 6 heteroatoms. The van der Waals surface area contributed by atoms with Gasteiger partial charge in [0.25, 0.3) is 0 Å². The zero-order valence-electron chi connectivity index (χ0n) is 50.1. The molecular formula is C72H114O6. The molecule has 0 aromatic heterocycles. The summed E-state index contributed by atoms with van der Waals surface area (Å²) in [6.45, 7) is 6.35. The van der Waals surface area contributed by atoms with Gasteiger partial charge < -0.3 is 14.2 Å². The molecule has 0 saturated heterocycles. The van der Waals surface area contributed by atoms with Crippen LogP contribution in [0, 0.1) is 0 Å². The van der Waals surface area contributed by atoms with Crippen molar-refractivity contribution in [3.05, 3.63) is 158 Å². The molecule has 0 aromatic carbocycles. The number of hydrogen-bond acceptors (Lipinski definition) is 6. The van der Waals surface area contributed by atoms with E-state index in [-0.39, 0.29) is 37.5 Å². The summed E-state index contributed by atoms with van der Waals surface area (Å²) in [6, 6.07) is 0. The number of ether oxygens (including phenoxy) is 3. The Labute approximate surface area is 480 Å². The molecule has 0 radical (unpaired) electrons. The Morgan fingerprint density at radius 3 is 0.795 bits per heavy atom. The van der Waals surface area contributed by atoms with Gasteiger partial charge in [-0.05, 0) is 128 Å². The van der Waals surface area contributed by atoms with E-state index in [9.17, 15) is 14.4 Å². The van der Waals surface area contributed by atoms with Gasteiger partial charge >= 0.3 is 17.9 Å². The highest BCUT2D eigenvalue weighted by molar-refractivity contribution is 5.71. The second-order valence-electron chi connectivity index (χ2n) is 20.2. The second-order valence-corrected chi connectivity index (χ2v) is 20.2. The topological polar surface area (TPSA) is 78.9 Å². The number of hydrogen-bond donors (Lipinski definition) is 0. The van der Waals surface area contributed by atoms with Crippen LogP contribution in [0.5, 0.6) is 0 Å². The summed E-state index contributed by atoms with van der Waals surface area (Å²) in [5.74, 6) is -0.965. The van der Waals surface area contributed by atoms with Gasteiger partial charge in [-0.15, -0.1) is 0 Å². The maximum absolute atomic E-state index is 12.9. The third-order valence-corrected chi connectivity index (χ3v) is 12.8. The van der Waals surface area contributed by atoms with Crippen LogP contribution in [-0.4, -0.2) is 37.2 Å². The van der Waals surface area contributed by atoms with Crippen molar-refractivity contribution in [2.45, 2.75) is 264 Å². The van der Waals surface area contributed by atoms with Gasteiger partial charge in [-0.1, -0.05) is 269 Å². The molecular weight excluding hydrogens is 961 g/mol. The Bertz CT molecular complexity index is 1760. The van der Waals surface area contributed by atoms with Crippen molar-refractivity contribution < 1.29 is 28.6 Å². The van der Waals surface area contributed by atoms with Crippen LogP contribution in [-0.2, 0) is 28.6 Å².